The summed E-state index contributed by atoms with van der Waals surface area (Å²) in [5, 5.41) is 20.9. The summed E-state index contributed by atoms with van der Waals surface area (Å²) in [6, 6.07) is 51.1. The maximum absolute atomic E-state index is 13.1. The van der Waals surface area contributed by atoms with E-state index in [1.165, 1.54) is 89.9 Å². The van der Waals surface area contributed by atoms with Crippen molar-refractivity contribution in [1.82, 2.24) is 0 Å². The fourth-order valence-electron chi connectivity index (χ4n) is 10.7. The topological polar surface area (TPSA) is 173 Å². The minimum absolute atomic E-state index is 0.291. The van der Waals surface area contributed by atoms with Gasteiger partial charge in [0.05, 0.1) is 72.1 Å². The summed E-state index contributed by atoms with van der Waals surface area (Å²) in [5.41, 5.74) is 5.04. The summed E-state index contributed by atoms with van der Waals surface area (Å²) in [6.45, 7) is 10.2. The van der Waals surface area contributed by atoms with Gasteiger partial charge in [-0.3, -0.25) is 9.59 Å². The van der Waals surface area contributed by atoms with Crippen molar-refractivity contribution in [3.05, 3.63) is 192 Å². The highest BCUT2D eigenvalue weighted by Crippen LogP contribution is 2.31. The Morgan fingerprint density at radius 1 is 0.312 bits per heavy atom. The molecule has 8 aromatic rings. The number of carbonyl (C=O) groups excluding carboxylic acids is 4. The van der Waals surface area contributed by atoms with Crippen molar-refractivity contribution in [3.63, 3.8) is 0 Å². The Labute approximate surface area is 549 Å². The van der Waals surface area contributed by atoms with E-state index in [0.29, 0.717) is 71.8 Å². The predicted molar refractivity (Wildman–Crippen MR) is 370 cm³/mol. The van der Waals surface area contributed by atoms with Gasteiger partial charge in [-0.25, -0.2) is 9.59 Å². The van der Waals surface area contributed by atoms with Crippen LogP contribution in [-0.4, -0.2) is 50.3 Å². The lowest BCUT2D eigenvalue weighted by Gasteiger charge is -2.14. The van der Waals surface area contributed by atoms with Crippen LogP contribution in [-0.2, 0) is 19.1 Å². The van der Waals surface area contributed by atoms with E-state index in [2.05, 4.69) is 34.3 Å². The molecule has 0 bridgehead atoms. The number of esters is 4. The summed E-state index contributed by atoms with van der Waals surface area (Å²) in [4.78, 5) is 52.4. The van der Waals surface area contributed by atoms with E-state index in [9.17, 15) is 19.2 Å². The van der Waals surface area contributed by atoms with Gasteiger partial charge in [0.2, 0.25) is 0 Å². The van der Waals surface area contributed by atoms with Crippen LogP contribution in [0, 0.1) is 0 Å². The van der Waals surface area contributed by atoms with E-state index in [4.69, 9.17) is 28.4 Å². The Kier molecular flexibility index (Phi) is 29.1. The molecular formula is C79H92N4O10. The van der Waals surface area contributed by atoms with Crippen LogP contribution in [0.1, 0.15) is 206 Å². The molecule has 8 aromatic carbocycles. The second kappa shape index (κ2) is 38.7. The number of carbonyl (C=O) groups is 4. The first kappa shape index (κ1) is 69.8. The molecule has 0 aromatic heterocycles. The van der Waals surface area contributed by atoms with Gasteiger partial charge in [-0.15, -0.1) is 0 Å². The maximum atomic E-state index is 13.1. The Hall–Kier alpha value is -9.04. The molecule has 0 saturated carbocycles. The number of fused-ring (bicyclic) bond motifs is 2. The van der Waals surface area contributed by atoms with Crippen molar-refractivity contribution in [3.8, 4) is 23.0 Å². The maximum Gasteiger partial charge on any atom is 0.343 e. The fraction of sp³-hybridized carbons (Fsp3) is 0.392. The van der Waals surface area contributed by atoms with E-state index in [1.807, 2.05) is 111 Å². The molecule has 0 aliphatic rings. The van der Waals surface area contributed by atoms with Crippen molar-refractivity contribution in [2.45, 2.75) is 174 Å². The number of unbranched alkanes of at least 4 members (excludes halogenated alkanes) is 18. The van der Waals surface area contributed by atoms with Crippen LogP contribution in [0.2, 0.25) is 0 Å². The second-order valence-electron chi connectivity index (χ2n) is 24.0. The molecule has 0 N–H and O–H groups in total. The van der Waals surface area contributed by atoms with E-state index >= 15 is 0 Å². The summed E-state index contributed by atoms with van der Waals surface area (Å²) >= 11 is 0. The molecule has 93 heavy (non-hydrogen) atoms. The van der Waals surface area contributed by atoms with E-state index in [-0.39, 0.29) is 11.9 Å². The van der Waals surface area contributed by atoms with Crippen LogP contribution in [0.15, 0.2) is 190 Å². The third-order valence-electron chi connectivity index (χ3n) is 16.6. The van der Waals surface area contributed by atoms with Crippen molar-refractivity contribution < 1.29 is 47.6 Å². The summed E-state index contributed by atoms with van der Waals surface area (Å²) in [5.74, 6) is -0.0491. The summed E-state index contributed by atoms with van der Waals surface area (Å²) in [6.07, 6.45) is 24.3. The molecule has 14 heteroatoms. The van der Waals surface area contributed by atoms with Crippen LogP contribution in [0.5, 0.6) is 23.0 Å². The van der Waals surface area contributed by atoms with Crippen LogP contribution in [0.3, 0.4) is 0 Å². The van der Waals surface area contributed by atoms with Crippen LogP contribution < -0.4 is 18.9 Å². The van der Waals surface area contributed by atoms with E-state index < -0.39 is 23.8 Å². The summed E-state index contributed by atoms with van der Waals surface area (Å²) < 4.78 is 34.6. The minimum Gasteiger partial charge on any atom is -0.494 e. The molecule has 0 unspecified atom stereocenters. The molecule has 0 fully saturated rings. The highest BCUT2D eigenvalue weighted by Gasteiger charge is 2.20. The molecule has 0 heterocycles. The smallest absolute Gasteiger partial charge is 0.343 e. The van der Waals surface area contributed by atoms with Gasteiger partial charge in [-0.1, -0.05) is 172 Å². The largest absolute Gasteiger partial charge is 0.494 e. The first-order valence-electron chi connectivity index (χ1n) is 33.9. The number of nitrogens with zero attached hydrogens (tertiary/aromatic N) is 4. The lowest BCUT2D eigenvalue weighted by molar-refractivity contribution is -0.145. The zero-order valence-corrected chi connectivity index (χ0v) is 54.9. The normalized spacial score (nSPS) is 12.1. The van der Waals surface area contributed by atoms with Gasteiger partial charge in [-0.05, 0) is 194 Å². The van der Waals surface area contributed by atoms with Crippen molar-refractivity contribution in [2.24, 2.45) is 20.5 Å². The van der Waals surface area contributed by atoms with Crippen molar-refractivity contribution in [2.75, 3.05) is 26.4 Å². The lowest BCUT2D eigenvalue weighted by atomic mass is 9.98. The molecule has 8 rings (SSSR count). The van der Waals surface area contributed by atoms with Gasteiger partial charge in [0.15, 0.2) is 0 Å². The quantitative estimate of drug-likeness (QED) is 0.0156. The lowest BCUT2D eigenvalue weighted by Crippen LogP contribution is -2.14. The molecule has 0 aliphatic heterocycles. The number of ether oxygens (including phenoxy) is 6. The molecule has 0 saturated heterocycles. The molecule has 14 nitrogen and oxygen atoms in total. The van der Waals surface area contributed by atoms with Crippen molar-refractivity contribution in [1.29, 1.82) is 0 Å². The molecule has 488 valence electrons. The average Bonchev–Trinajstić information content (AvgIpc) is 0.922. The first-order chi connectivity index (χ1) is 45.5. The molecule has 0 aliphatic carbocycles. The third kappa shape index (κ3) is 23.9. The number of hydrogen-bond acceptors (Lipinski definition) is 14. The summed E-state index contributed by atoms with van der Waals surface area (Å²) in [7, 11) is 0. The van der Waals surface area contributed by atoms with Gasteiger partial charge < -0.3 is 28.4 Å². The Morgan fingerprint density at radius 2 is 0.591 bits per heavy atom. The molecule has 0 radical (unpaired) electrons. The first-order valence-corrected chi connectivity index (χ1v) is 33.9. The fourth-order valence-corrected chi connectivity index (χ4v) is 10.7. The second-order valence-corrected chi connectivity index (χ2v) is 24.0. The van der Waals surface area contributed by atoms with Gasteiger partial charge >= 0.3 is 23.9 Å². The Bertz CT molecular complexity index is 3420. The molecule has 2 atom stereocenters. The van der Waals surface area contributed by atoms with E-state index in [1.54, 1.807) is 72.8 Å². The molecular weight excluding hydrogens is 1160 g/mol. The Balaban J connectivity index is 0.662. The number of azo groups is 2. The van der Waals surface area contributed by atoms with Gasteiger partial charge in [0.1, 0.15) is 23.0 Å². The highest BCUT2D eigenvalue weighted by atomic mass is 16.5. The average molecular weight is 1260 g/mol. The molecule has 0 amide bonds. The third-order valence-corrected chi connectivity index (χ3v) is 16.6. The van der Waals surface area contributed by atoms with Crippen LogP contribution in [0.4, 0.5) is 22.7 Å². The van der Waals surface area contributed by atoms with Crippen LogP contribution >= 0.6 is 0 Å². The molecule has 0 spiro atoms. The zero-order valence-electron chi connectivity index (χ0n) is 54.9. The van der Waals surface area contributed by atoms with Gasteiger partial charge in [-0.2, -0.15) is 20.5 Å². The number of benzene rings is 8. The van der Waals surface area contributed by atoms with E-state index in [0.717, 1.165) is 89.1 Å². The van der Waals surface area contributed by atoms with Crippen LogP contribution in [0.25, 0.3) is 21.5 Å². The SMILES string of the molecule is CCCCCCCCCCOc1ccc(N=Nc2ccc(C(=O)Oc3ccc4cc([C@H](C)C(=O)OCCCCCCCOC(=O)[C@@H](C)c5ccc6cc(OC(=O)c7ccc(N=Nc8ccc(OCCCCCCCCCC)cc8)cc7)ccc6c5)ccc4c3)cc2)cc1. The van der Waals surface area contributed by atoms with Gasteiger partial charge in [0, 0.05) is 0 Å². The highest BCUT2D eigenvalue weighted by molar-refractivity contribution is 5.94. The zero-order chi connectivity index (χ0) is 65.2. The van der Waals surface area contributed by atoms with Gasteiger partial charge in [0.25, 0.3) is 0 Å². The Morgan fingerprint density at radius 3 is 0.935 bits per heavy atom. The van der Waals surface area contributed by atoms with Crippen molar-refractivity contribution >= 4 is 68.2 Å². The minimum atomic E-state index is -0.492. The monoisotopic (exact) mass is 1260 g/mol. The number of hydrogen-bond donors (Lipinski definition) is 0. The predicted octanol–water partition coefficient (Wildman–Crippen LogP) is 22.2. The number of rotatable bonds is 40. The standard InChI is InChI=1S/C79H92N4O10/c1-5-7-9-11-13-15-18-22-50-88-72-46-40-70(41-47-72)82-80-68-36-30-60(31-37-68)78(86)92-74-44-34-64-54-62(26-28-66(64)56-74)58(3)76(84)90-52-24-20-17-21-25-53-91-77(85)59(4)63-27-29-67-57-75(45-35-65(67)55-63)93-79(87)61-32-38-69(39-33-61)81-83-71-42-48-73(49-43-71)89-51-23-19-16-14-12-10-8-6-2/h26-49,54-59H,5-25,50-53H2,1-4H3/t58-,59-/m0/s1.